The van der Waals surface area contributed by atoms with Crippen molar-refractivity contribution in [3.63, 3.8) is 0 Å². The fourth-order valence-corrected chi connectivity index (χ4v) is 2.52. The Labute approximate surface area is 122 Å². The Morgan fingerprint density at radius 1 is 0.952 bits per heavy atom. The second-order valence-electron chi connectivity index (χ2n) is 5.13. The molecule has 108 valence electrons. The Hall–Kier alpha value is -2.50. The van der Waals surface area contributed by atoms with Crippen LogP contribution in [0.3, 0.4) is 0 Å². The molecule has 0 radical (unpaired) electrons. The van der Waals surface area contributed by atoms with Crippen LogP contribution < -0.4 is 4.90 Å². The van der Waals surface area contributed by atoms with Crippen molar-refractivity contribution in [3.05, 3.63) is 46.5 Å². The van der Waals surface area contributed by atoms with E-state index in [-0.39, 0.29) is 5.69 Å². The van der Waals surface area contributed by atoms with Gasteiger partial charge >= 0.3 is 0 Å². The van der Waals surface area contributed by atoms with Gasteiger partial charge in [-0.3, -0.25) is 10.1 Å². The van der Waals surface area contributed by atoms with Crippen LogP contribution in [0.15, 0.2) is 36.4 Å². The highest BCUT2D eigenvalue weighted by molar-refractivity contribution is 5.61. The molecule has 1 saturated heterocycles. The molecule has 2 heterocycles. The molecule has 6 heteroatoms. The molecule has 3 rings (SSSR count). The average molecular weight is 284 g/mol. The van der Waals surface area contributed by atoms with Gasteiger partial charge in [-0.2, -0.15) is 0 Å². The third-order valence-electron chi connectivity index (χ3n) is 3.70. The van der Waals surface area contributed by atoms with Gasteiger partial charge in [-0.15, -0.1) is 10.2 Å². The van der Waals surface area contributed by atoms with E-state index < -0.39 is 4.92 Å². The summed E-state index contributed by atoms with van der Waals surface area (Å²) in [5.74, 6) is 0.903. The first-order chi connectivity index (χ1) is 10.2. The van der Waals surface area contributed by atoms with Gasteiger partial charge in [0, 0.05) is 30.8 Å². The lowest BCUT2D eigenvalue weighted by atomic mass is 10.1. The largest absolute Gasteiger partial charge is 0.355 e. The van der Waals surface area contributed by atoms with Crippen molar-refractivity contribution in [1.82, 2.24) is 10.2 Å². The van der Waals surface area contributed by atoms with E-state index in [2.05, 4.69) is 15.1 Å². The quantitative estimate of drug-likeness (QED) is 0.640. The molecular weight excluding hydrogens is 268 g/mol. The van der Waals surface area contributed by atoms with E-state index in [4.69, 9.17) is 0 Å². The zero-order valence-electron chi connectivity index (χ0n) is 11.6. The Kier molecular flexibility index (Phi) is 3.77. The van der Waals surface area contributed by atoms with Gasteiger partial charge < -0.3 is 4.90 Å². The van der Waals surface area contributed by atoms with Crippen molar-refractivity contribution >= 4 is 11.5 Å². The maximum Gasteiger partial charge on any atom is 0.269 e. The van der Waals surface area contributed by atoms with Crippen LogP contribution in [-0.4, -0.2) is 28.2 Å². The van der Waals surface area contributed by atoms with Gasteiger partial charge in [-0.1, -0.05) is 0 Å². The first-order valence-corrected chi connectivity index (χ1v) is 7.07. The molecule has 2 aromatic rings. The summed E-state index contributed by atoms with van der Waals surface area (Å²) in [7, 11) is 0. The summed E-state index contributed by atoms with van der Waals surface area (Å²) in [6.45, 7) is 2.07. The molecule has 0 atom stereocenters. The third-order valence-corrected chi connectivity index (χ3v) is 3.70. The van der Waals surface area contributed by atoms with Gasteiger partial charge in [0.05, 0.1) is 10.6 Å². The SMILES string of the molecule is O=[N+]([O-])c1ccc(-c2ccc(N3CCCCC3)nn2)cc1. The van der Waals surface area contributed by atoms with Crippen LogP contribution in [0.5, 0.6) is 0 Å². The zero-order chi connectivity index (χ0) is 14.7. The average Bonchev–Trinajstić information content (AvgIpc) is 2.56. The third kappa shape index (κ3) is 2.99. The lowest BCUT2D eigenvalue weighted by Crippen LogP contribution is -2.30. The minimum Gasteiger partial charge on any atom is -0.355 e. The number of rotatable bonds is 3. The van der Waals surface area contributed by atoms with E-state index in [9.17, 15) is 10.1 Å². The number of piperidine rings is 1. The van der Waals surface area contributed by atoms with Crippen molar-refractivity contribution in [1.29, 1.82) is 0 Å². The van der Waals surface area contributed by atoms with Crippen LogP contribution in [0.2, 0.25) is 0 Å². The Bertz CT molecular complexity index is 619. The van der Waals surface area contributed by atoms with Crippen molar-refractivity contribution in [2.24, 2.45) is 0 Å². The van der Waals surface area contributed by atoms with E-state index in [1.165, 1.54) is 31.4 Å². The minimum absolute atomic E-state index is 0.0802. The van der Waals surface area contributed by atoms with Gasteiger partial charge in [0.1, 0.15) is 0 Å². The molecule has 1 aromatic heterocycles. The van der Waals surface area contributed by atoms with Gasteiger partial charge in [-0.05, 0) is 43.5 Å². The normalized spacial score (nSPS) is 15.0. The number of nitrogens with zero attached hydrogens (tertiary/aromatic N) is 4. The molecular formula is C15H16N4O2. The highest BCUT2D eigenvalue weighted by atomic mass is 16.6. The molecule has 0 unspecified atom stereocenters. The minimum atomic E-state index is -0.408. The summed E-state index contributed by atoms with van der Waals surface area (Å²) in [6.07, 6.45) is 3.68. The number of aromatic nitrogens is 2. The summed E-state index contributed by atoms with van der Waals surface area (Å²) in [5.41, 5.74) is 1.64. The van der Waals surface area contributed by atoms with Crippen molar-refractivity contribution in [3.8, 4) is 11.3 Å². The lowest BCUT2D eigenvalue weighted by Gasteiger charge is -2.27. The number of nitro benzene ring substituents is 1. The van der Waals surface area contributed by atoms with Gasteiger partial charge in [0.15, 0.2) is 5.82 Å². The first-order valence-electron chi connectivity index (χ1n) is 7.07. The number of benzene rings is 1. The summed E-state index contributed by atoms with van der Waals surface area (Å²) < 4.78 is 0. The van der Waals surface area contributed by atoms with Gasteiger partial charge in [0.25, 0.3) is 5.69 Å². The van der Waals surface area contributed by atoms with Crippen LogP contribution in [0.4, 0.5) is 11.5 Å². The Morgan fingerprint density at radius 2 is 1.67 bits per heavy atom. The predicted molar refractivity (Wildman–Crippen MR) is 80.2 cm³/mol. The summed E-state index contributed by atoms with van der Waals surface area (Å²) in [4.78, 5) is 12.5. The second kappa shape index (κ2) is 5.87. The maximum absolute atomic E-state index is 10.6. The molecule has 21 heavy (non-hydrogen) atoms. The molecule has 0 spiro atoms. The molecule has 0 saturated carbocycles. The number of anilines is 1. The predicted octanol–water partition coefficient (Wildman–Crippen LogP) is 3.04. The lowest BCUT2D eigenvalue weighted by molar-refractivity contribution is -0.384. The molecule has 1 fully saturated rings. The molecule has 0 aliphatic carbocycles. The van der Waals surface area contributed by atoms with E-state index in [1.54, 1.807) is 12.1 Å². The number of non-ortho nitro benzene ring substituents is 1. The van der Waals surface area contributed by atoms with E-state index >= 15 is 0 Å². The van der Waals surface area contributed by atoms with Crippen LogP contribution in [0, 0.1) is 10.1 Å². The summed E-state index contributed by atoms with van der Waals surface area (Å²) >= 11 is 0. The second-order valence-corrected chi connectivity index (χ2v) is 5.13. The van der Waals surface area contributed by atoms with Crippen molar-refractivity contribution in [2.75, 3.05) is 18.0 Å². The number of hydrogen-bond donors (Lipinski definition) is 0. The molecule has 0 bridgehead atoms. The van der Waals surface area contributed by atoms with Crippen LogP contribution in [0.1, 0.15) is 19.3 Å². The number of hydrogen-bond acceptors (Lipinski definition) is 5. The fourth-order valence-electron chi connectivity index (χ4n) is 2.52. The number of nitro groups is 1. The van der Waals surface area contributed by atoms with Crippen LogP contribution >= 0.6 is 0 Å². The first kappa shape index (κ1) is 13.5. The molecule has 1 aromatic carbocycles. The fraction of sp³-hybridized carbons (Fsp3) is 0.333. The molecule has 6 nitrogen and oxygen atoms in total. The zero-order valence-corrected chi connectivity index (χ0v) is 11.6. The van der Waals surface area contributed by atoms with Crippen molar-refractivity contribution in [2.45, 2.75) is 19.3 Å². The van der Waals surface area contributed by atoms with Gasteiger partial charge in [0.2, 0.25) is 0 Å². The van der Waals surface area contributed by atoms with Crippen LogP contribution in [-0.2, 0) is 0 Å². The summed E-state index contributed by atoms with van der Waals surface area (Å²) in [6, 6.07) is 10.2. The van der Waals surface area contributed by atoms with Crippen molar-refractivity contribution < 1.29 is 4.92 Å². The van der Waals surface area contributed by atoms with Gasteiger partial charge in [-0.25, -0.2) is 0 Å². The highest BCUT2D eigenvalue weighted by Gasteiger charge is 2.13. The molecule has 0 amide bonds. The van der Waals surface area contributed by atoms with E-state index in [0.29, 0.717) is 0 Å². The molecule has 1 aliphatic heterocycles. The standard InChI is InChI=1S/C15H16N4O2/c20-19(21)13-6-4-12(5-7-13)14-8-9-15(17-16-14)18-10-2-1-3-11-18/h4-9H,1-3,10-11H2. The monoisotopic (exact) mass is 284 g/mol. The van der Waals surface area contributed by atoms with Crippen LogP contribution in [0.25, 0.3) is 11.3 Å². The maximum atomic E-state index is 10.6. The highest BCUT2D eigenvalue weighted by Crippen LogP contribution is 2.22. The smallest absolute Gasteiger partial charge is 0.269 e. The Balaban J connectivity index is 1.78. The topological polar surface area (TPSA) is 72.2 Å². The molecule has 1 aliphatic rings. The summed E-state index contributed by atoms with van der Waals surface area (Å²) in [5, 5.41) is 19.2. The molecule has 0 N–H and O–H groups in total. The Morgan fingerprint density at radius 3 is 2.24 bits per heavy atom. The van der Waals surface area contributed by atoms with E-state index in [0.717, 1.165) is 30.2 Å². The van der Waals surface area contributed by atoms with E-state index in [1.807, 2.05) is 12.1 Å².